The molecule has 0 saturated carbocycles. The van der Waals surface area contributed by atoms with Crippen molar-refractivity contribution in [3.63, 3.8) is 0 Å². The Hall–Kier alpha value is -4.90. The van der Waals surface area contributed by atoms with Crippen molar-refractivity contribution in [1.82, 2.24) is 9.55 Å². The summed E-state index contributed by atoms with van der Waals surface area (Å²) in [5.74, 6) is 7.56. The van der Waals surface area contributed by atoms with Gasteiger partial charge in [-0.3, -0.25) is 4.57 Å². The number of rotatable bonds is 5. The van der Waals surface area contributed by atoms with Crippen LogP contribution in [0.5, 0.6) is 0 Å². The molecule has 0 spiro atoms. The van der Waals surface area contributed by atoms with Crippen molar-refractivity contribution < 1.29 is 0 Å². The maximum absolute atomic E-state index is 6.01. The fraction of sp³-hybridized carbons (Fsp3) is 0.0625. The Kier molecular flexibility index (Phi) is 5.87. The first-order valence-corrected chi connectivity index (χ1v) is 12.4. The highest BCUT2D eigenvalue weighted by Gasteiger charge is 2.24. The number of hydrogen-bond acceptors (Lipinski definition) is 3. The second-order valence-electron chi connectivity index (χ2n) is 9.02. The lowest BCUT2D eigenvalue weighted by Crippen LogP contribution is -2.35. The average Bonchev–Trinajstić information content (AvgIpc) is 3.31. The van der Waals surface area contributed by atoms with E-state index in [2.05, 4.69) is 106 Å². The van der Waals surface area contributed by atoms with Crippen molar-refractivity contribution in [2.45, 2.75) is 13.0 Å². The molecule has 0 amide bonds. The molecule has 0 radical (unpaired) electrons. The molecular weight excluding hydrogens is 454 g/mol. The Bertz CT molecular complexity index is 1630. The summed E-state index contributed by atoms with van der Waals surface area (Å²) in [6.45, 7) is 2.16. The zero-order valence-corrected chi connectivity index (χ0v) is 20.6. The molecule has 1 atom stereocenters. The quantitative estimate of drug-likeness (QED) is 0.124. The predicted octanol–water partition coefficient (Wildman–Crippen LogP) is 7.07. The highest BCUT2D eigenvalue weighted by Crippen LogP contribution is 2.33. The van der Waals surface area contributed by atoms with Crippen LogP contribution in [0.2, 0.25) is 0 Å². The lowest BCUT2D eigenvalue weighted by molar-refractivity contribution is 0.786. The number of aromatic nitrogens is 2. The minimum atomic E-state index is -0.0235. The van der Waals surface area contributed by atoms with Crippen LogP contribution in [0, 0.1) is 0 Å². The van der Waals surface area contributed by atoms with Crippen LogP contribution in [0.25, 0.3) is 27.6 Å². The lowest BCUT2D eigenvalue weighted by atomic mass is 10.0. The molecule has 0 fully saturated rings. The second kappa shape index (κ2) is 9.63. The molecule has 4 aromatic carbocycles. The van der Waals surface area contributed by atoms with E-state index in [-0.39, 0.29) is 6.04 Å². The third-order valence-electron chi connectivity index (χ3n) is 6.87. The number of pyridine rings is 1. The second-order valence-corrected chi connectivity index (χ2v) is 9.02. The van der Waals surface area contributed by atoms with Crippen molar-refractivity contribution in [2.75, 3.05) is 4.90 Å². The summed E-state index contributed by atoms with van der Waals surface area (Å²) in [5, 5.41) is 6.67. The summed E-state index contributed by atoms with van der Waals surface area (Å²) >= 11 is 0. The number of hydrogen-bond donors (Lipinski definition) is 1. The topological polar surface area (TPSA) is 59.4 Å². The van der Waals surface area contributed by atoms with Crippen LogP contribution in [0.4, 0.5) is 5.69 Å². The smallest absolute Gasteiger partial charge is 0.160 e. The SMILES string of the molecule is CC(c1ccccc1)N(/C(=N\N)c1ccccc1)c1ccc(-n2c3ccccc3c3ccccc32)nc1. The van der Waals surface area contributed by atoms with Crippen molar-refractivity contribution in [3.05, 3.63) is 139 Å². The highest BCUT2D eigenvalue weighted by molar-refractivity contribution is 6.10. The molecule has 6 aromatic rings. The Morgan fingerprint density at radius 1 is 0.730 bits per heavy atom. The molecule has 37 heavy (non-hydrogen) atoms. The molecule has 2 heterocycles. The summed E-state index contributed by atoms with van der Waals surface area (Å²) in [6.07, 6.45) is 1.91. The standard InChI is InChI=1S/C32H27N5/c1-23(24-12-4-2-5-13-24)36(32(35-33)25-14-6-3-7-15-25)26-20-21-31(34-22-26)37-29-18-10-8-16-27(29)28-17-9-11-19-30(28)37/h2-23H,33H2,1H3/b35-32-. The number of amidine groups is 1. The van der Waals surface area contributed by atoms with E-state index in [1.165, 1.54) is 10.8 Å². The monoisotopic (exact) mass is 481 g/mol. The van der Waals surface area contributed by atoms with Gasteiger partial charge in [-0.1, -0.05) is 97.1 Å². The normalized spacial score (nSPS) is 12.6. The number of nitrogens with zero attached hydrogens (tertiary/aromatic N) is 4. The molecule has 2 N–H and O–H groups in total. The van der Waals surface area contributed by atoms with Crippen molar-refractivity contribution in [2.24, 2.45) is 10.9 Å². The number of nitrogens with two attached hydrogens (primary N) is 1. The van der Waals surface area contributed by atoms with E-state index in [4.69, 9.17) is 10.8 Å². The minimum Gasteiger partial charge on any atom is -0.321 e. The maximum atomic E-state index is 6.01. The minimum absolute atomic E-state index is 0.0235. The number of hydrazone groups is 1. The molecule has 1 unspecified atom stereocenters. The molecule has 0 bridgehead atoms. The van der Waals surface area contributed by atoms with Gasteiger partial charge >= 0.3 is 0 Å². The third kappa shape index (κ3) is 4.00. The van der Waals surface area contributed by atoms with Gasteiger partial charge < -0.3 is 10.7 Å². The van der Waals surface area contributed by atoms with E-state index >= 15 is 0 Å². The lowest BCUT2D eigenvalue weighted by Gasteiger charge is -2.32. The van der Waals surface area contributed by atoms with Crippen molar-refractivity contribution >= 4 is 33.3 Å². The van der Waals surface area contributed by atoms with Gasteiger partial charge in [0.1, 0.15) is 5.82 Å². The first kappa shape index (κ1) is 22.6. The molecule has 2 aromatic heterocycles. The molecular formula is C32H27N5. The van der Waals surface area contributed by atoms with Gasteiger partial charge in [0.2, 0.25) is 0 Å². The van der Waals surface area contributed by atoms with Crippen molar-refractivity contribution in [3.8, 4) is 5.82 Å². The first-order chi connectivity index (χ1) is 18.3. The largest absolute Gasteiger partial charge is 0.321 e. The molecule has 0 aliphatic heterocycles. The number of fused-ring (bicyclic) bond motifs is 3. The summed E-state index contributed by atoms with van der Waals surface area (Å²) < 4.78 is 2.22. The number of anilines is 1. The fourth-order valence-electron chi connectivity index (χ4n) is 5.10. The molecule has 0 aliphatic rings. The van der Waals surface area contributed by atoms with E-state index in [0.29, 0.717) is 5.84 Å². The van der Waals surface area contributed by atoms with Gasteiger partial charge in [0.05, 0.1) is 29.0 Å². The summed E-state index contributed by atoms with van der Waals surface area (Å²) in [7, 11) is 0. The summed E-state index contributed by atoms with van der Waals surface area (Å²) in [4.78, 5) is 7.10. The molecule has 0 saturated heterocycles. The Balaban J connectivity index is 1.48. The van der Waals surface area contributed by atoms with Gasteiger partial charge in [-0.25, -0.2) is 4.98 Å². The number of para-hydroxylation sites is 2. The van der Waals surface area contributed by atoms with E-state index in [9.17, 15) is 0 Å². The van der Waals surface area contributed by atoms with Gasteiger partial charge in [-0.15, -0.1) is 0 Å². The molecule has 5 nitrogen and oxygen atoms in total. The molecule has 6 rings (SSSR count). The van der Waals surface area contributed by atoms with Crippen molar-refractivity contribution in [1.29, 1.82) is 0 Å². The van der Waals surface area contributed by atoms with Crippen LogP contribution in [0.1, 0.15) is 24.1 Å². The van der Waals surface area contributed by atoms with E-state index < -0.39 is 0 Å². The highest BCUT2D eigenvalue weighted by atomic mass is 15.3. The Morgan fingerprint density at radius 3 is 1.86 bits per heavy atom. The Morgan fingerprint density at radius 2 is 1.30 bits per heavy atom. The zero-order chi connectivity index (χ0) is 25.2. The van der Waals surface area contributed by atoms with E-state index in [1.807, 2.05) is 42.6 Å². The predicted molar refractivity (Wildman–Crippen MR) is 153 cm³/mol. The van der Waals surface area contributed by atoms with Crippen LogP contribution < -0.4 is 10.7 Å². The van der Waals surface area contributed by atoms with Crippen LogP contribution >= 0.6 is 0 Å². The maximum Gasteiger partial charge on any atom is 0.160 e. The van der Waals surface area contributed by atoms with E-state index in [1.54, 1.807) is 0 Å². The van der Waals surface area contributed by atoms with Crippen LogP contribution in [-0.4, -0.2) is 15.4 Å². The fourth-order valence-corrected chi connectivity index (χ4v) is 5.10. The zero-order valence-electron chi connectivity index (χ0n) is 20.6. The molecule has 180 valence electrons. The van der Waals surface area contributed by atoms with Gasteiger partial charge in [0, 0.05) is 16.3 Å². The third-order valence-corrected chi connectivity index (χ3v) is 6.87. The van der Waals surface area contributed by atoms with Gasteiger partial charge in [0.15, 0.2) is 5.84 Å². The average molecular weight is 482 g/mol. The first-order valence-electron chi connectivity index (χ1n) is 12.4. The van der Waals surface area contributed by atoms with Gasteiger partial charge in [-0.2, -0.15) is 5.10 Å². The van der Waals surface area contributed by atoms with E-state index in [0.717, 1.165) is 33.7 Å². The van der Waals surface area contributed by atoms with Gasteiger partial charge in [-0.05, 0) is 36.8 Å². The van der Waals surface area contributed by atoms with Crippen LogP contribution in [0.3, 0.4) is 0 Å². The van der Waals surface area contributed by atoms with Crippen LogP contribution in [-0.2, 0) is 0 Å². The summed E-state index contributed by atoms with van der Waals surface area (Å²) in [6, 6.07) is 41.4. The van der Waals surface area contributed by atoms with Gasteiger partial charge in [0.25, 0.3) is 0 Å². The molecule has 0 aliphatic carbocycles. The Labute approximate surface area is 216 Å². The number of benzene rings is 4. The summed E-state index contributed by atoms with van der Waals surface area (Å²) in [5.41, 5.74) is 5.28. The molecule has 5 heteroatoms. The van der Waals surface area contributed by atoms with Crippen LogP contribution in [0.15, 0.2) is 133 Å².